The monoisotopic (exact) mass is 348 g/mol. The number of hydrogen-bond acceptors (Lipinski definition) is 3. The van der Waals surface area contributed by atoms with Gasteiger partial charge in [-0.15, -0.1) is 0 Å². The van der Waals surface area contributed by atoms with Gasteiger partial charge in [0, 0.05) is 38.0 Å². The van der Waals surface area contributed by atoms with Crippen LogP contribution in [0.15, 0.2) is 16.5 Å². The van der Waals surface area contributed by atoms with E-state index in [2.05, 4.69) is 0 Å². The maximum atomic E-state index is 12.9. The number of hydrogen-bond donors (Lipinski definition) is 0. The van der Waals surface area contributed by atoms with Crippen molar-refractivity contribution in [2.75, 3.05) is 20.1 Å². The number of amides is 2. The van der Waals surface area contributed by atoms with E-state index < -0.39 is 0 Å². The number of likely N-dealkylation sites (N-methyl/N-ethyl adjacent to an activating group) is 1. The van der Waals surface area contributed by atoms with Crippen molar-refractivity contribution in [3.05, 3.63) is 34.0 Å². The third-order valence-corrected chi connectivity index (χ3v) is 5.11. The molecule has 1 fully saturated rings. The van der Waals surface area contributed by atoms with E-state index in [9.17, 15) is 9.59 Å². The van der Waals surface area contributed by atoms with Crippen LogP contribution in [0.2, 0.25) is 5.02 Å². The van der Waals surface area contributed by atoms with Crippen molar-refractivity contribution in [1.29, 1.82) is 0 Å². The molecule has 1 atom stereocenters. The average molecular weight is 349 g/mol. The van der Waals surface area contributed by atoms with E-state index in [-0.39, 0.29) is 17.9 Å². The van der Waals surface area contributed by atoms with Crippen molar-refractivity contribution in [2.24, 2.45) is 0 Å². The number of carbonyl (C=O) groups excluding carboxylic acids is 2. The Bertz CT molecular complexity index is 827. The van der Waals surface area contributed by atoms with Gasteiger partial charge in [-0.25, -0.2) is 0 Å². The van der Waals surface area contributed by atoms with Gasteiger partial charge in [0.15, 0.2) is 11.3 Å². The number of halogens is 1. The maximum absolute atomic E-state index is 12.9. The van der Waals surface area contributed by atoms with Crippen molar-refractivity contribution in [1.82, 2.24) is 9.80 Å². The van der Waals surface area contributed by atoms with Crippen molar-refractivity contribution in [2.45, 2.75) is 33.2 Å². The fourth-order valence-electron chi connectivity index (χ4n) is 3.26. The number of carbonyl (C=O) groups is 2. The van der Waals surface area contributed by atoms with E-state index in [1.165, 1.54) is 6.92 Å². The topological polar surface area (TPSA) is 53.8 Å². The highest BCUT2D eigenvalue weighted by Gasteiger charge is 2.33. The molecule has 2 aromatic rings. The maximum Gasteiger partial charge on any atom is 0.289 e. The highest BCUT2D eigenvalue weighted by molar-refractivity contribution is 6.35. The van der Waals surface area contributed by atoms with Crippen molar-refractivity contribution in [3.63, 3.8) is 0 Å². The molecule has 128 valence electrons. The van der Waals surface area contributed by atoms with Crippen LogP contribution in [0.1, 0.15) is 35.0 Å². The second-order valence-electron chi connectivity index (χ2n) is 6.50. The SMILES string of the molecule is CC(=O)N(C)[C@@H]1CCN(C(=O)c2oc3c(Cl)cc(C)cc3c2C)C1. The number of rotatable bonds is 2. The van der Waals surface area contributed by atoms with Crippen LogP contribution in [0, 0.1) is 13.8 Å². The van der Waals surface area contributed by atoms with Gasteiger partial charge in [0.2, 0.25) is 5.91 Å². The first-order chi connectivity index (χ1) is 11.3. The van der Waals surface area contributed by atoms with Gasteiger partial charge >= 0.3 is 0 Å². The fraction of sp³-hybridized carbons (Fsp3) is 0.444. The second-order valence-corrected chi connectivity index (χ2v) is 6.91. The lowest BCUT2D eigenvalue weighted by molar-refractivity contribution is -0.129. The van der Waals surface area contributed by atoms with Crippen LogP contribution < -0.4 is 0 Å². The summed E-state index contributed by atoms with van der Waals surface area (Å²) in [4.78, 5) is 27.8. The fourth-order valence-corrected chi connectivity index (χ4v) is 3.57. The Morgan fingerprint density at radius 3 is 2.71 bits per heavy atom. The first-order valence-electron chi connectivity index (χ1n) is 8.01. The molecule has 3 rings (SSSR count). The first-order valence-corrected chi connectivity index (χ1v) is 8.39. The van der Waals surface area contributed by atoms with Gasteiger partial charge < -0.3 is 14.2 Å². The summed E-state index contributed by atoms with van der Waals surface area (Å²) in [7, 11) is 1.77. The van der Waals surface area contributed by atoms with Gasteiger partial charge in [0.1, 0.15) is 0 Å². The Balaban J connectivity index is 1.89. The van der Waals surface area contributed by atoms with Gasteiger partial charge in [0.25, 0.3) is 5.91 Å². The van der Waals surface area contributed by atoms with E-state index in [1.807, 2.05) is 26.0 Å². The molecule has 0 radical (unpaired) electrons. The molecule has 0 spiro atoms. The summed E-state index contributed by atoms with van der Waals surface area (Å²) in [6, 6.07) is 3.86. The van der Waals surface area contributed by atoms with Crippen LogP contribution in [0.5, 0.6) is 0 Å². The molecule has 1 aliphatic heterocycles. The predicted molar refractivity (Wildman–Crippen MR) is 93.5 cm³/mol. The number of benzene rings is 1. The van der Waals surface area contributed by atoms with Crippen LogP contribution in [-0.2, 0) is 4.79 Å². The van der Waals surface area contributed by atoms with E-state index in [0.29, 0.717) is 29.5 Å². The molecule has 1 aliphatic rings. The smallest absolute Gasteiger partial charge is 0.289 e. The molecular formula is C18H21ClN2O3. The Hall–Kier alpha value is -2.01. The quantitative estimate of drug-likeness (QED) is 0.835. The summed E-state index contributed by atoms with van der Waals surface area (Å²) in [5, 5.41) is 1.39. The Kier molecular flexibility index (Phi) is 4.30. The summed E-state index contributed by atoms with van der Waals surface area (Å²) >= 11 is 6.25. The number of likely N-dealkylation sites (tertiary alicyclic amines) is 1. The average Bonchev–Trinajstić information content (AvgIpc) is 3.12. The van der Waals surface area contributed by atoms with Crippen LogP contribution >= 0.6 is 11.6 Å². The molecule has 6 heteroatoms. The Morgan fingerprint density at radius 1 is 1.33 bits per heavy atom. The van der Waals surface area contributed by atoms with E-state index in [0.717, 1.165) is 22.9 Å². The minimum Gasteiger partial charge on any atom is -0.449 e. The van der Waals surface area contributed by atoms with E-state index >= 15 is 0 Å². The number of fused-ring (bicyclic) bond motifs is 1. The van der Waals surface area contributed by atoms with Gasteiger partial charge in [-0.05, 0) is 38.0 Å². The molecule has 0 bridgehead atoms. The summed E-state index contributed by atoms with van der Waals surface area (Å²) in [5.41, 5.74) is 2.39. The predicted octanol–water partition coefficient (Wildman–Crippen LogP) is 3.40. The zero-order valence-corrected chi connectivity index (χ0v) is 15.1. The molecule has 2 amide bonds. The van der Waals surface area contributed by atoms with Crippen LogP contribution in [0.3, 0.4) is 0 Å². The lowest BCUT2D eigenvalue weighted by atomic mass is 10.1. The third kappa shape index (κ3) is 2.77. The normalized spacial score (nSPS) is 17.5. The highest BCUT2D eigenvalue weighted by atomic mass is 35.5. The van der Waals surface area contributed by atoms with Crippen molar-refractivity contribution >= 4 is 34.4 Å². The molecule has 2 heterocycles. The van der Waals surface area contributed by atoms with Gasteiger partial charge in [0.05, 0.1) is 11.1 Å². The third-order valence-electron chi connectivity index (χ3n) is 4.83. The zero-order chi connectivity index (χ0) is 17.6. The van der Waals surface area contributed by atoms with Crippen LogP contribution in [0.4, 0.5) is 0 Å². The van der Waals surface area contributed by atoms with Crippen molar-refractivity contribution < 1.29 is 14.0 Å². The lowest BCUT2D eigenvalue weighted by Gasteiger charge is -2.23. The molecule has 1 saturated heterocycles. The number of aryl methyl sites for hydroxylation is 2. The van der Waals surface area contributed by atoms with Crippen molar-refractivity contribution in [3.8, 4) is 0 Å². The van der Waals surface area contributed by atoms with Crippen LogP contribution in [0.25, 0.3) is 11.0 Å². The molecule has 0 saturated carbocycles. The van der Waals surface area contributed by atoms with Gasteiger partial charge in [-0.2, -0.15) is 0 Å². The van der Waals surface area contributed by atoms with E-state index in [1.54, 1.807) is 16.8 Å². The Morgan fingerprint density at radius 2 is 2.04 bits per heavy atom. The molecule has 1 aromatic carbocycles. The molecule has 24 heavy (non-hydrogen) atoms. The molecule has 5 nitrogen and oxygen atoms in total. The molecule has 0 N–H and O–H groups in total. The lowest BCUT2D eigenvalue weighted by Crippen LogP contribution is -2.38. The summed E-state index contributed by atoms with van der Waals surface area (Å²) in [5.74, 6) is 0.206. The summed E-state index contributed by atoms with van der Waals surface area (Å²) in [6.07, 6.45) is 0.779. The van der Waals surface area contributed by atoms with Gasteiger partial charge in [-0.1, -0.05) is 11.6 Å². The second kappa shape index (κ2) is 6.13. The largest absolute Gasteiger partial charge is 0.449 e. The molecule has 0 aliphatic carbocycles. The summed E-state index contributed by atoms with van der Waals surface area (Å²) in [6.45, 7) is 6.52. The minimum atomic E-state index is -0.142. The number of nitrogens with zero attached hydrogens (tertiary/aromatic N) is 2. The van der Waals surface area contributed by atoms with Crippen LogP contribution in [-0.4, -0.2) is 47.8 Å². The molecule has 1 aromatic heterocycles. The zero-order valence-electron chi connectivity index (χ0n) is 14.4. The number of furan rings is 1. The molecular weight excluding hydrogens is 328 g/mol. The minimum absolute atomic E-state index is 0.0106. The van der Waals surface area contributed by atoms with E-state index in [4.69, 9.17) is 16.0 Å². The standard InChI is InChI=1S/C18H21ClN2O3/c1-10-7-14-11(2)16(24-17(14)15(19)8-10)18(23)21-6-5-13(9-21)20(4)12(3)22/h7-8,13H,5-6,9H2,1-4H3/t13-/m1/s1. The Labute approximate surface area is 146 Å². The first kappa shape index (κ1) is 16.8. The summed E-state index contributed by atoms with van der Waals surface area (Å²) < 4.78 is 5.80. The molecule has 0 unspecified atom stereocenters. The van der Waals surface area contributed by atoms with Gasteiger partial charge in [-0.3, -0.25) is 9.59 Å². The highest BCUT2D eigenvalue weighted by Crippen LogP contribution is 2.33.